The number of nitrogens with two attached hydrogens (primary N) is 1. The van der Waals surface area contributed by atoms with E-state index in [-0.39, 0.29) is 36.3 Å². The van der Waals surface area contributed by atoms with Gasteiger partial charge in [0.15, 0.2) is 0 Å². The summed E-state index contributed by atoms with van der Waals surface area (Å²) < 4.78 is 18.9. The van der Waals surface area contributed by atoms with Crippen LogP contribution in [0.5, 0.6) is 5.75 Å². The van der Waals surface area contributed by atoms with Crippen molar-refractivity contribution in [1.82, 2.24) is 15.1 Å². The lowest BCUT2D eigenvalue weighted by molar-refractivity contribution is -0.125. The number of likely N-dealkylation sites (tertiary alicyclic amines) is 1. The van der Waals surface area contributed by atoms with E-state index in [2.05, 4.69) is 5.32 Å². The minimum absolute atomic E-state index is 0.00996. The number of methoxy groups -OCH3 is 1. The zero-order valence-corrected chi connectivity index (χ0v) is 24.5. The third kappa shape index (κ3) is 7.40. The highest BCUT2D eigenvalue weighted by Gasteiger charge is 2.44. The third-order valence-corrected chi connectivity index (χ3v) is 8.57. The molecule has 3 aromatic carbocycles. The molecule has 3 amide bonds. The van der Waals surface area contributed by atoms with Crippen LogP contribution in [0, 0.1) is 5.82 Å². The van der Waals surface area contributed by atoms with Gasteiger partial charge in [-0.1, -0.05) is 30.3 Å². The lowest BCUT2D eigenvalue weighted by Crippen LogP contribution is -2.50. The van der Waals surface area contributed by atoms with E-state index in [1.165, 1.54) is 24.3 Å². The van der Waals surface area contributed by atoms with Crippen molar-refractivity contribution in [2.75, 3.05) is 20.2 Å². The number of carbonyl (C=O) groups is 3. The Balaban J connectivity index is 1.42. The second-order valence-electron chi connectivity index (χ2n) is 11.5. The first kappa shape index (κ1) is 30.2. The standard InChI is InChI=1S/C34H39FN4O4/c1-43-30-17-9-25(10-18-30)33(41)38(20-19-23-5-3-2-4-6-23)29-21-31(32(40)37-28-15-13-27(36)14-16-28)39(22-29)34(42)24-7-11-26(35)12-8-24/h2-12,17-18,27-29,31H,13-16,19-22,36H2,1H3,(H,37,40). The van der Waals surface area contributed by atoms with Crippen LogP contribution in [0.2, 0.25) is 0 Å². The van der Waals surface area contributed by atoms with Gasteiger partial charge in [0.05, 0.1) is 13.2 Å². The molecule has 8 nitrogen and oxygen atoms in total. The fraction of sp³-hybridized carbons (Fsp3) is 0.382. The molecule has 2 fully saturated rings. The van der Waals surface area contributed by atoms with Crippen molar-refractivity contribution in [3.8, 4) is 5.75 Å². The molecule has 0 spiro atoms. The molecule has 0 aromatic heterocycles. The predicted octanol–water partition coefficient (Wildman–Crippen LogP) is 4.19. The van der Waals surface area contributed by atoms with E-state index in [9.17, 15) is 18.8 Å². The molecule has 5 rings (SSSR count). The molecule has 1 saturated heterocycles. The van der Waals surface area contributed by atoms with Gasteiger partial charge in [-0.15, -0.1) is 0 Å². The summed E-state index contributed by atoms with van der Waals surface area (Å²) in [6.07, 6.45) is 4.15. The topological polar surface area (TPSA) is 105 Å². The molecule has 43 heavy (non-hydrogen) atoms. The van der Waals surface area contributed by atoms with Crippen LogP contribution in [0.4, 0.5) is 4.39 Å². The fourth-order valence-electron chi connectivity index (χ4n) is 6.08. The quantitative estimate of drug-likeness (QED) is 0.391. The molecule has 2 aliphatic rings. The van der Waals surface area contributed by atoms with Gasteiger partial charge < -0.3 is 25.6 Å². The first-order valence-corrected chi connectivity index (χ1v) is 14.9. The number of hydrogen-bond donors (Lipinski definition) is 2. The van der Waals surface area contributed by atoms with Gasteiger partial charge >= 0.3 is 0 Å². The largest absolute Gasteiger partial charge is 0.497 e. The van der Waals surface area contributed by atoms with Gasteiger partial charge in [0, 0.05) is 36.3 Å². The number of halogens is 1. The maximum absolute atomic E-state index is 14.0. The van der Waals surface area contributed by atoms with Crippen LogP contribution in [-0.4, -0.2) is 71.9 Å². The van der Waals surface area contributed by atoms with Gasteiger partial charge in [-0.2, -0.15) is 0 Å². The normalized spacial score (nSPS) is 21.7. The molecular formula is C34H39FN4O4. The summed E-state index contributed by atoms with van der Waals surface area (Å²) in [4.78, 5) is 44.8. The SMILES string of the molecule is COc1ccc(C(=O)N(CCc2ccccc2)C2CC(C(=O)NC3CCC(N)CC3)N(C(=O)c3ccc(F)cc3)C2)cc1. The fourth-order valence-corrected chi connectivity index (χ4v) is 6.08. The lowest BCUT2D eigenvalue weighted by Gasteiger charge is -2.30. The number of nitrogens with one attached hydrogen (secondary N) is 1. The molecule has 3 aromatic rings. The zero-order valence-electron chi connectivity index (χ0n) is 24.5. The third-order valence-electron chi connectivity index (χ3n) is 8.57. The molecule has 2 atom stereocenters. The smallest absolute Gasteiger partial charge is 0.254 e. The number of ether oxygens (including phenoxy) is 1. The minimum Gasteiger partial charge on any atom is -0.497 e. The Labute approximate surface area is 252 Å². The van der Waals surface area contributed by atoms with E-state index in [1.807, 2.05) is 30.3 Å². The Bertz CT molecular complexity index is 1390. The highest BCUT2D eigenvalue weighted by molar-refractivity contribution is 5.99. The summed E-state index contributed by atoms with van der Waals surface area (Å²) in [6.45, 7) is 0.591. The molecule has 1 aliphatic heterocycles. The van der Waals surface area contributed by atoms with E-state index in [1.54, 1.807) is 41.2 Å². The minimum atomic E-state index is -0.777. The van der Waals surface area contributed by atoms with Crippen molar-refractivity contribution >= 4 is 17.7 Å². The van der Waals surface area contributed by atoms with E-state index in [0.717, 1.165) is 31.2 Å². The van der Waals surface area contributed by atoms with Crippen molar-refractivity contribution in [3.05, 3.63) is 101 Å². The van der Waals surface area contributed by atoms with Crippen LogP contribution in [-0.2, 0) is 11.2 Å². The maximum Gasteiger partial charge on any atom is 0.254 e. The summed E-state index contributed by atoms with van der Waals surface area (Å²) in [6, 6.07) is 21.1. The summed E-state index contributed by atoms with van der Waals surface area (Å²) in [5, 5.41) is 3.15. The Morgan fingerprint density at radius 2 is 1.58 bits per heavy atom. The number of hydrogen-bond acceptors (Lipinski definition) is 5. The van der Waals surface area contributed by atoms with Crippen LogP contribution >= 0.6 is 0 Å². The molecule has 1 heterocycles. The number of rotatable bonds is 9. The maximum atomic E-state index is 14.0. The monoisotopic (exact) mass is 586 g/mol. The Kier molecular flexibility index (Phi) is 9.72. The molecule has 2 unspecified atom stereocenters. The molecule has 9 heteroatoms. The zero-order chi connectivity index (χ0) is 30.3. The van der Waals surface area contributed by atoms with Crippen molar-refractivity contribution in [3.63, 3.8) is 0 Å². The van der Waals surface area contributed by atoms with Gasteiger partial charge in [0.2, 0.25) is 5.91 Å². The summed E-state index contributed by atoms with van der Waals surface area (Å²) >= 11 is 0. The second kappa shape index (κ2) is 13.8. The first-order valence-electron chi connectivity index (χ1n) is 14.9. The van der Waals surface area contributed by atoms with Gasteiger partial charge in [-0.3, -0.25) is 14.4 Å². The van der Waals surface area contributed by atoms with Crippen LogP contribution < -0.4 is 15.8 Å². The van der Waals surface area contributed by atoms with Crippen molar-refractivity contribution in [2.45, 2.75) is 62.7 Å². The highest BCUT2D eigenvalue weighted by atomic mass is 19.1. The van der Waals surface area contributed by atoms with Crippen molar-refractivity contribution in [2.24, 2.45) is 5.73 Å². The van der Waals surface area contributed by atoms with Crippen molar-refractivity contribution < 1.29 is 23.5 Å². The number of amides is 3. The lowest BCUT2D eigenvalue weighted by atomic mass is 9.91. The molecule has 0 radical (unpaired) electrons. The highest BCUT2D eigenvalue weighted by Crippen LogP contribution is 2.28. The molecule has 1 saturated carbocycles. The summed E-state index contributed by atoms with van der Waals surface area (Å²) in [5.41, 5.74) is 7.93. The summed E-state index contributed by atoms with van der Waals surface area (Å²) in [5.74, 6) is -0.589. The van der Waals surface area contributed by atoms with Crippen LogP contribution in [0.15, 0.2) is 78.9 Å². The van der Waals surface area contributed by atoms with Gasteiger partial charge in [-0.05, 0) is 92.6 Å². The van der Waals surface area contributed by atoms with E-state index in [4.69, 9.17) is 10.5 Å². The Morgan fingerprint density at radius 3 is 2.23 bits per heavy atom. The van der Waals surface area contributed by atoms with E-state index < -0.39 is 17.9 Å². The number of nitrogens with zero attached hydrogens (tertiary/aromatic N) is 2. The van der Waals surface area contributed by atoms with E-state index in [0.29, 0.717) is 36.3 Å². The predicted molar refractivity (Wildman–Crippen MR) is 162 cm³/mol. The molecule has 0 bridgehead atoms. The molecule has 226 valence electrons. The summed E-state index contributed by atoms with van der Waals surface area (Å²) in [7, 11) is 1.57. The van der Waals surface area contributed by atoms with Crippen LogP contribution in [0.1, 0.15) is 58.4 Å². The van der Waals surface area contributed by atoms with Gasteiger partial charge in [0.25, 0.3) is 11.8 Å². The number of benzene rings is 3. The average molecular weight is 587 g/mol. The average Bonchev–Trinajstić information content (AvgIpc) is 3.48. The van der Waals surface area contributed by atoms with Crippen LogP contribution in [0.3, 0.4) is 0 Å². The van der Waals surface area contributed by atoms with Crippen molar-refractivity contribution in [1.29, 1.82) is 0 Å². The van der Waals surface area contributed by atoms with Gasteiger partial charge in [0.1, 0.15) is 17.6 Å². The Hall–Kier alpha value is -4.24. The number of carbonyl (C=O) groups excluding carboxylic acids is 3. The molecule has 3 N–H and O–H groups in total. The second-order valence-corrected chi connectivity index (χ2v) is 11.5. The molecular weight excluding hydrogens is 547 g/mol. The first-order chi connectivity index (χ1) is 20.8. The Morgan fingerprint density at radius 1 is 0.930 bits per heavy atom. The van der Waals surface area contributed by atoms with E-state index >= 15 is 0 Å². The van der Waals surface area contributed by atoms with Gasteiger partial charge in [-0.25, -0.2) is 4.39 Å². The van der Waals surface area contributed by atoms with Crippen LogP contribution in [0.25, 0.3) is 0 Å². The molecule has 1 aliphatic carbocycles.